The number of carbonyl (C=O) groups excluding carboxylic acids is 2. The number of alkyl halides is 3. The van der Waals surface area contributed by atoms with Crippen LogP contribution in [0, 0.1) is 23.2 Å². The van der Waals surface area contributed by atoms with E-state index in [0.717, 1.165) is 36.6 Å². The van der Waals surface area contributed by atoms with Crippen LogP contribution >= 0.6 is 0 Å². The van der Waals surface area contributed by atoms with Gasteiger partial charge in [0.25, 0.3) is 5.91 Å². The van der Waals surface area contributed by atoms with Crippen molar-refractivity contribution in [3.05, 3.63) is 59.4 Å². The van der Waals surface area contributed by atoms with Crippen molar-refractivity contribution in [1.29, 1.82) is 5.26 Å². The number of carbonyl (C=O) groups is 2. The van der Waals surface area contributed by atoms with Gasteiger partial charge in [0.1, 0.15) is 11.4 Å². The van der Waals surface area contributed by atoms with Crippen molar-refractivity contribution in [2.45, 2.75) is 95.4 Å². The first-order chi connectivity index (χ1) is 21.1. The molecule has 1 aromatic carbocycles. The van der Waals surface area contributed by atoms with Crippen molar-refractivity contribution in [2.75, 3.05) is 19.6 Å². The van der Waals surface area contributed by atoms with Gasteiger partial charge in [-0.05, 0) is 75.5 Å². The van der Waals surface area contributed by atoms with Gasteiger partial charge < -0.3 is 14.5 Å². The van der Waals surface area contributed by atoms with Gasteiger partial charge in [-0.1, -0.05) is 38.5 Å². The number of likely N-dealkylation sites (tertiary alicyclic amines) is 2. The van der Waals surface area contributed by atoms with Crippen LogP contribution in [0.5, 0.6) is 5.75 Å². The van der Waals surface area contributed by atoms with Gasteiger partial charge in [-0.15, -0.1) is 0 Å². The number of ether oxygens (including phenoxy) is 1. The van der Waals surface area contributed by atoms with Crippen LogP contribution in [-0.2, 0) is 16.4 Å². The van der Waals surface area contributed by atoms with E-state index < -0.39 is 40.7 Å². The molecule has 5 rings (SSSR count). The molecule has 44 heavy (non-hydrogen) atoms. The fourth-order valence-electron chi connectivity index (χ4n) is 7.38. The summed E-state index contributed by atoms with van der Waals surface area (Å²) in [6, 6.07) is 11.8. The normalized spacial score (nSPS) is 25.4. The summed E-state index contributed by atoms with van der Waals surface area (Å²) >= 11 is 0. The molecule has 3 aliphatic rings. The lowest BCUT2D eigenvalue weighted by atomic mass is 9.73. The first-order valence-corrected chi connectivity index (χ1v) is 15.9. The molecule has 2 saturated heterocycles. The predicted octanol–water partition coefficient (Wildman–Crippen LogP) is 6.77. The van der Waals surface area contributed by atoms with Crippen LogP contribution in [0.25, 0.3) is 0 Å². The molecule has 1 aromatic heterocycles. The Labute approximate surface area is 257 Å². The van der Waals surface area contributed by atoms with Gasteiger partial charge in [0.05, 0.1) is 29.1 Å². The minimum Gasteiger partial charge on any atom is -0.490 e. The van der Waals surface area contributed by atoms with Gasteiger partial charge in [0.2, 0.25) is 5.91 Å². The standard InChI is InChI=1S/C34H41F3N4O3/c1-3-8-28-25(9-7-18-41(28)32(43)30-27(34(35,36)37)11-6-17-39-30)31(42)40-19-15-33(22-38,16-20-40)26-10-4-5-12-29(26)44-24-14-13-23(2)21-24/h4-6,10-12,17,23-25,28H,3,7-9,13-16,18-21H2,1-2H3. The molecule has 1 saturated carbocycles. The van der Waals surface area contributed by atoms with Crippen molar-refractivity contribution in [3.8, 4) is 11.8 Å². The van der Waals surface area contributed by atoms with Crippen LogP contribution in [0.15, 0.2) is 42.6 Å². The molecule has 0 N–H and O–H groups in total. The SMILES string of the molecule is CCCC1C(C(=O)N2CCC(C#N)(c3ccccc3OC3CCC(C)C3)CC2)CCCN1C(=O)c1ncccc1C(F)(F)F. The lowest BCUT2D eigenvalue weighted by molar-refractivity contribution is -0.141. The third-order valence-electron chi connectivity index (χ3n) is 9.74. The summed E-state index contributed by atoms with van der Waals surface area (Å²) in [6.45, 7) is 5.19. The van der Waals surface area contributed by atoms with Gasteiger partial charge >= 0.3 is 6.18 Å². The minimum atomic E-state index is -4.72. The number of benzene rings is 1. The predicted molar refractivity (Wildman–Crippen MR) is 159 cm³/mol. The molecule has 1 aliphatic carbocycles. The van der Waals surface area contributed by atoms with Gasteiger partial charge in [-0.2, -0.15) is 18.4 Å². The highest BCUT2D eigenvalue weighted by Crippen LogP contribution is 2.42. The van der Waals surface area contributed by atoms with E-state index in [1.54, 1.807) is 4.90 Å². The lowest BCUT2D eigenvalue weighted by Crippen LogP contribution is -2.55. The monoisotopic (exact) mass is 610 g/mol. The molecule has 2 aromatic rings. The van der Waals surface area contributed by atoms with Crippen LogP contribution in [0.2, 0.25) is 0 Å². The molecule has 0 radical (unpaired) electrons. The molecule has 10 heteroatoms. The summed E-state index contributed by atoms with van der Waals surface area (Å²) in [5.41, 5.74) is -1.62. The highest BCUT2D eigenvalue weighted by Gasteiger charge is 2.45. The number of piperidine rings is 2. The van der Waals surface area contributed by atoms with Crippen LogP contribution in [0.3, 0.4) is 0 Å². The van der Waals surface area contributed by atoms with Gasteiger partial charge in [-0.3, -0.25) is 14.6 Å². The van der Waals surface area contributed by atoms with Gasteiger partial charge in [0, 0.05) is 37.4 Å². The van der Waals surface area contributed by atoms with Crippen molar-refractivity contribution in [3.63, 3.8) is 0 Å². The number of hydrogen-bond acceptors (Lipinski definition) is 5. The third-order valence-corrected chi connectivity index (χ3v) is 9.74. The fraction of sp³-hybridized carbons (Fsp3) is 0.588. The van der Waals surface area contributed by atoms with Crippen molar-refractivity contribution in [2.24, 2.45) is 11.8 Å². The number of nitriles is 1. The van der Waals surface area contributed by atoms with E-state index in [9.17, 15) is 28.0 Å². The van der Waals surface area contributed by atoms with Crippen LogP contribution < -0.4 is 4.74 Å². The molecule has 0 bridgehead atoms. The third kappa shape index (κ3) is 6.43. The van der Waals surface area contributed by atoms with E-state index in [2.05, 4.69) is 18.0 Å². The topological polar surface area (TPSA) is 86.5 Å². The fourth-order valence-corrected chi connectivity index (χ4v) is 7.38. The molecule has 2 amide bonds. The Bertz CT molecular complexity index is 1380. The maximum atomic E-state index is 14.0. The molecule has 236 valence electrons. The highest BCUT2D eigenvalue weighted by atomic mass is 19.4. The highest BCUT2D eigenvalue weighted by molar-refractivity contribution is 5.95. The summed E-state index contributed by atoms with van der Waals surface area (Å²) in [4.78, 5) is 34.6. The van der Waals surface area contributed by atoms with Crippen molar-refractivity contribution >= 4 is 11.8 Å². The Morgan fingerprint density at radius 1 is 1.09 bits per heavy atom. The zero-order valence-electron chi connectivity index (χ0n) is 25.5. The number of halogens is 3. The van der Waals surface area contributed by atoms with E-state index in [-0.39, 0.29) is 18.6 Å². The second-order valence-electron chi connectivity index (χ2n) is 12.7. The second kappa shape index (κ2) is 13.2. The summed E-state index contributed by atoms with van der Waals surface area (Å²) < 4.78 is 47.6. The van der Waals surface area contributed by atoms with Gasteiger partial charge in [-0.25, -0.2) is 0 Å². The Morgan fingerprint density at radius 2 is 1.84 bits per heavy atom. The lowest BCUT2D eigenvalue weighted by Gasteiger charge is -2.44. The number of para-hydroxylation sites is 1. The van der Waals surface area contributed by atoms with E-state index >= 15 is 0 Å². The molecule has 7 nitrogen and oxygen atoms in total. The first kappa shape index (κ1) is 31.8. The number of amides is 2. The first-order valence-electron chi connectivity index (χ1n) is 15.9. The molecule has 4 atom stereocenters. The molecule has 0 spiro atoms. The molecular formula is C34H41F3N4O3. The van der Waals surface area contributed by atoms with E-state index in [0.29, 0.717) is 57.5 Å². The van der Waals surface area contributed by atoms with Gasteiger partial charge in [0.15, 0.2) is 0 Å². The summed E-state index contributed by atoms with van der Waals surface area (Å²) in [6.07, 6.45) is 2.86. The smallest absolute Gasteiger partial charge is 0.418 e. The number of pyridine rings is 1. The number of nitrogens with zero attached hydrogens (tertiary/aromatic N) is 4. The number of hydrogen-bond donors (Lipinski definition) is 0. The average Bonchev–Trinajstić information content (AvgIpc) is 3.44. The molecule has 2 aliphatic heterocycles. The Kier molecular flexibility index (Phi) is 9.52. The largest absolute Gasteiger partial charge is 0.490 e. The Balaban J connectivity index is 1.32. The maximum absolute atomic E-state index is 14.0. The summed E-state index contributed by atoms with van der Waals surface area (Å²) in [5, 5.41) is 10.5. The maximum Gasteiger partial charge on any atom is 0.418 e. The number of aromatic nitrogens is 1. The summed E-state index contributed by atoms with van der Waals surface area (Å²) in [5.74, 6) is -0.0618. The second-order valence-corrected chi connectivity index (χ2v) is 12.7. The minimum absolute atomic E-state index is 0.103. The van der Waals surface area contributed by atoms with Crippen LogP contribution in [-0.4, -0.2) is 58.4 Å². The Morgan fingerprint density at radius 3 is 2.50 bits per heavy atom. The van der Waals surface area contributed by atoms with E-state index in [4.69, 9.17) is 4.74 Å². The zero-order valence-corrected chi connectivity index (χ0v) is 25.5. The average molecular weight is 611 g/mol. The quantitative estimate of drug-likeness (QED) is 0.345. The van der Waals surface area contributed by atoms with Crippen LogP contribution in [0.1, 0.15) is 93.3 Å². The van der Waals surface area contributed by atoms with Crippen LogP contribution in [0.4, 0.5) is 13.2 Å². The summed E-state index contributed by atoms with van der Waals surface area (Å²) in [7, 11) is 0. The van der Waals surface area contributed by atoms with E-state index in [1.807, 2.05) is 31.2 Å². The Hall–Kier alpha value is -3.61. The molecule has 3 fully saturated rings. The van der Waals surface area contributed by atoms with E-state index in [1.165, 1.54) is 17.2 Å². The zero-order chi connectivity index (χ0) is 31.5. The molecule has 4 unspecified atom stereocenters. The molecular weight excluding hydrogens is 569 g/mol. The van der Waals surface area contributed by atoms with Crippen molar-refractivity contribution < 1.29 is 27.5 Å². The molecule has 3 heterocycles. The number of rotatable bonds is 7. The van der Waals surface area contributed by atoms with Crippen molar-refractivity contribution in [1.82, 2.24) is 14.8 Å².